The molecule has 0 spiro atoms. The average Bonchev–Trinajstić information content (AvgIpc) is 3.38. The van der Waals surface area contributed by atoms with Crippen molar-refractivity contribution in [2.45, 2.75) is 45.8 Å². The van der Waals surface area contributed by atoms with Gasteiger partial charge < -0.3 is 14.5 Å². The Balaban J connectivity index is 1.68. The Kier molecular flexibility index (Phi) is 6.93. The summed E-state index contributed by atoms with van der Waals surface area (Å²) in [6.07, 6.45) is 1.62. The highest BCUT2D eigenvalue weighted by Gasteiger charge is 2.21. The molecule has 0 saturated carbocycles. The minimum atomic E-state index is -0.436. The quantitative estimate of drug-likeness (QED) is 0.404. The maximum Gasteiger partial charge on any atom is 0.350 e. The van der Waals surface area contributed by atoms with Crippen molar-refractivity contribution < 1.29 is 18.7 Å². The van der Waals surface area contributed by atoms with Crippen molar-refractivity contribution in [1.82, 2.24) is 19.7 Å². The molecule has 3 aromatic heterocycles. The predicted octanol–water partition coefficient (Wildman–Crippen LogP) is 4.10. The lowest BCUT2D eigenvalue weighted by atomic mass is 10.2. The van der Waals surface area contributed by atoms with Gasteiger partial charge in [-0.3, -0.25) is 9.36 Å². The highest BCUT2D eigenvalue weighted by molar-refractivity contribution is 7.99. The van der Waals surface area contributed by atoms with Crippen molar-refractivity contribution in [3.8, 4) is 11.4 Å². The van der Waals surface area contributed by atoms with Gasteiger partial charge in [0.25, 0.3) is 0 Å². The molecule has 160 valence electrons. The lowest BCUT2D eigenvalue weighted by molar-refractivity contribution is -0.113. The topological polar surface area (TPSA) is 112 Å². The number of rotatable bonds is 8. The molecule has 3 aromatic rings. The number of esters is 1. The van der Waals surface area contributed by atoms with E-state index in [1.807, 2.05) is 31.4 Å². The molecule has 11 heteroatoms. The monoisotopic (exact) mass is 449 g/mol. The first-order chi connectivity index (χ1) is 14.3. The largest absolute Gasteiger partial charge is 0.469 e. The Morgan fingerprint density at radius 2 is 2.10 bits per heavy atom. The first kappa shape index (κ1) is 22.0. The molecule has 1 N–H and O–H groups in total. The lowest BCUT2D eigenvalue weighted by Gasteiger charge is -2.13. The Morgan fingerprint density at radius 3 is 2.73 bits per heavy atom. The maximum atomic E-state index is 12.4. The van der Waals surface area contributed by atoms with Crippen LogP contribution >= 0.6 is 23.1 Å². The van der Waals surface area contributed by atoms with Crippen LogP contribution in [0.15, 0.2) is 21.9 Å². The molecular formula is C19H23N5O4S2. The number of nitrogens with one attached hydrogen (secondary N) is 1. The van der Waals surface area contributed by atoms with E-state index in [0.29, 0.717) is 26.7 Å². The minimum absolute atomic E-state index is 0.101. The molecule has 0 aliphatic heterocycles. The number of carbonyl (C=O) groups is 2. The van der Waals surface area contributed by atoms with Crippen molar-refractivity contribution in [3.05, 3.63) is 28.7 Å². The summed E-state index contributed by atoms with van der Waals surface area (Å²) in [5, 5.41) is 12.3. The number of furan rings is 1. The zero-order valence-corrected chi connectivity index (χ0v) is 19.0. The molecule has 1 amide bonds. The van der Waals surface area contributed by atoms with Gasteiger partial charge in [0.1, 0.15) is 10.6 Å². The predicted molar refractivity (Wildman–Crippen MR) is 115 cm³/mol. The molecule has 0 unspecified atom stereocenters. The van der Waals surface area contributed by atoms with E-state index >= 15 is 0 Å². The van der Waals surface area contributed by atoms with Crippen LogP contribution in [0.5, 0.6) is 0 Å². The third-order valence-electron chi connectivity index (χ3n) is 4.12. The number of ether oxygens (including phenoxy) is 1. The van der Waals surface area contributed by atoms with E-state index < -0.39 is 5.97 Å². The SMILES string of the molecule is CCOC(=O)c1sc(NC(=O)CSc2nnc(-c3ccoc3C)n2C(C)C)nc1C. The van der Waals surface area contributed by atoms with Gasteiger partial charge in [-0.15, -0.1) is 10.2 Å². The van der Waals surface area contributed by atoms with Crippen LogP contribution in [0, 0.1) is 13.8 Å². The molecule has 0 aromatic carbocycles. The molecule has 3 heterocycles. The molecule has 0 atom stereocenters. The van der Waals surface area contributed by atoms with E-state index in [2.05, 4.69) is 20.5 Å². The highest BCUT2D eigenvalue weighted by Crippen LogP contribution is 2.30. The van der Waals surface area contributed by atoms with E-state index in [9.17, 15) is 9.59 Å². The van der Waals surface area contributed by atoms with Crippen molar-refractivity contribution in [2.75, 3.05) is 17.7 Å². The Bertz CT molecular complexity index is 1050. The van der Waals surface area contributed by atoms with Crippen molar-refractivity contribution >= 4 is 40.1 Å². The van der Waals surface area contributed by atoms with Crippen LogP contribution in [0.2, 0.25) is 0 Å². The molecule has 0 aliphatic rings. The summed E-state index contributed by atoms with van der Waals surface area (Å²) < 4.78 is 12.4. The van der Waals surface area contributed by atoms with Crippen LogP contribution in [0.1, 0.15) is 47.9 Å². The van der Waals surface area contributed by atoms with Gasteiger partial charge in [-0.05, 0) is 40.7 Å². The number of aryl methyl sites for hydroxylation is 2. The van der Waals surface area contributed by atoms with Gasteiger partial charge in [-0.1, -0.05) is 23.1 Å². The van der Waals surface area contributed by atoms with Crippen LogP contribution in [-0.4, -0.2) is 44.0 Å². The fraction of sp³-hybridized carbons (Fsp3) is 0.421. The summed E-state index contributed by atoms with van der Waals surface area (Å²) in [5.41, 5.74) is 1.40. The van der Waals surface area contributed by atoms with Gasteiger partial charge in [0.2, 0.25) is 5.91 Å². The molecule has 0 aliphatic carbocycles. The van der Waals surface area contributed by atoms with Crippen molar-refractivity contribution in [2.24, 2.45) is 0 Å². The number of thioether (sulfide) groups is 1. The molecule has 0 bridgehead atoms. The van der Waals surface area contributed by atoms with Crippen LogP contribution < -0.4 is 5.32 Å². The van der Waals surface area contributed by atoms with Crippen LogP contribution in [-0.2, 0) is 9.53 Å². The second kappa shape index (κ2) is 9.43. The van der Waals surface area contributed by atoms with E-state index in [1.54, 1.807) is 20.1 Å². The fourth-order valence-electron chi connectivity index (χ4n) is 2.76. The number of nitrogens with zero attached hydrogens (tertiary/aromatic N) is 4. The van der Waals surface area contributed by atoms with E-state index in [4.69, 9.17) is 9.15 Å². The van der Waals surface area contributed by atoms with Crippen molar-refractivity contribution in [3.63, 3.8) is 0 Å². The number of carbonyl (C=O) groups excluding carboxylic acids is 2. The third kappa shape index (κ3) is 4.73. The van der Waals surface area contributed by atoms with Crippen LogP contribution in [0.25, 0.3) is 11.4 Å². The van der Waals surface area contributed by atoms with Gasteiger partial charge in [0, 0.05) is 6.04 Å². The number of hydrogen-bond acceptors (Lipinski definition) is 9. The first-order valence-electron chi connectivity index (χ1n) is 9.38. The molecule has 3 rings (SSSR count). The average molecular weight is 450 g/mol. The number of aromatic nitrogens is 4. The third-order valence-corrected chi connectivity index (χ3v) is 6.11. The number of thiazole rings is 1. The summed E-state index contributed by atoms with van der Waals surface area (Å²) in [5.74, 6) is 0.907. The second-order valence-corrected chi connectivity index (χ2v) is 8.59. The Labute approximate surface area is 182 Å². The fourth-order valence-corrected chi connectivity index (χ4v) is 4.51. The zero-order valence-electron chi connectivity index (χ0n) is 17.4. The van der Waals surface area contributed by atoms with Gasteiger partial charge in [-0.2, -0.15) is 0 Å². The van der Waals surface area contributed by atoms with E-state index in [-0.39, 0.29) is 24.3 Å². The number of amides is 1. The molecule has 0 radical (unpaired) electrons. The Morgan fingerprint density at radius 1 is 1.33 bits per heavy atom. The number of hydrogen-bond donors (Lipinski definition) is 1. The van der Waals surface area contributed by atoms with Gasteiger partial charge in [-0.25, -0.2) is 9.78 Å². The van der Waals surface area contributed by atoms with Crippen LogP contribution in [0.3, 0.4) is 0 Å². The van der Waals surface area contributed by atoms with Crippen LogP contribution in [0.4, 0.5) is 5.13 Å². The van der Waals surface area contributed by atoms with Gasteiger partial charge in [0.05, 0.1) is 29.9 Å². The summed E-state index contributed by atoms with van der Waals surface area (Å²) in [4.78, 5) is 28.9. The molecule has 0 saturated heterocycles. The molecule has 30 heavy (non-hydrogen) atoms. The van der Waals surface area contributed by atoms with E-state index in [1.165, 1.54) is 11.8 Å². The summed E-state index contributed by atoms with van der Waals surface area (Å²) >= 11 is 2.38. The maximum absolute atomic E-state index is 12.4. The van der Waals surface area contributed by atoms with Crippen molar-refractivity contribution in [1.29, 1.82) is 0 Å². The summed E-state index contributed by atoms with van der Waals surface area (Å²) in [7, 11) is 0. The Hall–Kier alpha value is -2.66. The first-order valence-corrected chi connectivity index (χ1v) is 11.2. The molecule has 9 nitrogen and oxygen atoms in total. The smallest absolute Gasteiger partial charge is 0.350 e. The summed E-state index contributed by atoms with van der Waals surface area (Å²) in [6.45, 7) is 9.66. The highest BCUT2D eigenvalue weighted by atomic mass is 32.2. The zero-order chi connectivity index (χ0) is 21.8. The molecular weight excluding hydrogens is 426 g/mol. The van der Waals surface area contributed by atoms with Gasteiger partial charge in [0.15, 0.2) is 16.1 Å². The summed E-state index contributed by atoms with van der Waals surface area (Å²) in [6, 6.07) is 1.95. The van der Waals surface area contributed by atoms with E-state index in [0.717, 1.165) is 22.7 Å². The lowest BCUT2D eigenvalue weighted by Crippen LogP contribution is -2.15. The van der Waals surface area contributed by atoms with Gasteiger partial charge >= 0.3 is 5.97 Å². The second-order valence-electron chi connectivity index (χ2n) is 6.65. The standard InChI is InChI=1S/C19H23N5O4S2/c1-6-27-17(26)15-11(4)20-18(30-15)21-14(25)9-29-19-23-22-16(24(19)10(2)3)13-7-8-28-12(13)5/h7-8,10H,6,9H2,1-5H3,(H,20,21,25). The molecule has 0 fully saturated rings. The number of anilines is 1. The normalized spacial score (nSPS) is 11.1. The minimum Gasteiger partial charge on any atom is -0.469 e.